The highest BCUT2D eigenvalue weighted by Gasteiger charge is 2.41. The summed E-state index contributed by atoms with van der Waals surface area (Å²) >= 11 is 0. The van der Waals surface area contributed by atoms with Gasteiger partial charge in [-0.3, -0.25) is 19.9 Å². The van der Waals surface area contributed by atoms with Crippen LogP contribution in [0.3, 0.4) is 0 Å². The van der Waals surface area contributed by atoms with Gasteiger partial charge in [0, 0.05) is 29.1 Å². The molecule has 2 heterocycles. The normalized spacial score (nSPS) is 22.1. The molecule has 36 heavy (non-hydrogen) atoms. The molecule has 0 spiro atoms. The standard InChI is InChI=1S/C28H30N6O2/c1-3-28(2)14-24(35)34(27(29)33-28)25(21-15-30-17-31-16-21)19-8-6-9-20(13-19)26(36)32-23-12-11-18-7-4-5-10-22(18)23/h4-10,13,15-17,23,25H,3,11-12,14H2,1-2H3,(H2,29,33)(H,32,36)/t23-,25-,28?/m0/s1. The zero-order chi connectivity index (χ0) is 25.3. The number of carbonyl (C=O) groups excluding carboxylic acids is 2. The first-order valence-corrected chi connectivity index (χ1v) is 12.3. The van der Waals surface area contributed by atoms with Gasteiger partial charge in [0.15, 0.2) is 5.96 Å². The molecule has 1 fully saturated rings. The van der Waals surface area contributed by atoms with Gasteiger partial charge in [0.2, 0.25) is 5.91 Å². The molecule has 0 bridgehead atoms. The summed E-state index contributed by atoms with van der Waals surface area (Å²) in [5, 5.41) is 15.1. The first-order chi connectivity index (χ1) is 17.4. The maximum absolute atomic E-state index is 13.4. The quantitative estimate of drug-likeness (QED) is 0.493. The summed E-state index contributed by atoms with van der Waals surface area (Å²) in [4.78, 5) is 36.4. The van der Waals surface area contributed by atoms with Gasteiger partial charge in [-0.2, -0.15) is 0 Å². The van der Waals surface area contributed by atoms with Crippen LogP contribution in [0.15, 0.2) is 67.3 Å². The van der Waals surface area contributed by atoms with Crippen LogP contribution in [0.4, 0.5) is 0 Å². The van der Waals surface area contributed by atoms with E-state index in [1.54, 1.807) is 24.5 Å². The molecule has 8 nitrogen and oxygen atoms in total. The second kappa shape index (κ2) is 9.53. The third-order valence-electron chi connectivity index (χ3n) is 7.31. The van der Waals surface area contributed by atoms with Crippen molar-refractivity contribution >= 4 is 17.8 Å². The molecule has 184 valence electrons. The number of nitrogens with zero attached hydrogens (tertiary/aromatic N) is 3. The number of aryl methyl sites for hydroxylation is 1. The molecule has 3 aromatic rings. The molecule has 8 heteroatoms. The number of aromatic nitrogens is 2. The largest absolute Gasteiger partial charge is 0.350 e. The fourth-order valence-electron chi connectivity index (χ4n) is 5.16. The van der Waals surface area contributed by atoms with E-state index in [-0.39, 0.29) is 30.2 Å². The Morgan fingerprint density at radius 3 is 2.72 bits per heavy atom. The monoisotopic (exact) mass is 482 g/mol. The lowest BCUT2D eigenvalue weighted by Crippen LogP contribution is -2.61. The number of fused-ring (bicyclic) bond motifs is 1. The molecule has 1 saturated heterocycles. The zero-order valence-corrected chi connectivity index (χ0v) is 20.5. The molecule has 3 N–H and O–H groups in total. The van der Waals surface area contributed by atoms with E-state index in [0.717, 1.165) is 12.8 Å². The fraction of sp³-hybridized carbons (Fsp3) is 0.321. The summed E-state index contributed by atoms with van der Waals surface area (Å²) < 4.78 is 0. The Kier molecular flexibility index (Phi) is 6.26. The smallest absolute Gasteiger partial charge is 0.251 e. The number of carbonyl (C=O) groups is 2. The number of hydrogen-bond acceptors (Lipinski definition) is 5. The van der Waals surface area contributed by atoms with E-state index in [9.17, 15) is 9.59 Å². The van der Waals surface area contributed by atoms with Gasteiger partial charge in [-0.05, 0) is 55.0 Å². The molecule has 2 aliphatic rings. The zero-order valence-electron chi connectivity index (χ0n) is 20.5. The van der Waals surface area contributed by atoms with E-state index in [4.69, 9.17) is 5.41 Å². The second-order valence-corrected chi connectivity index (χ2v) is 9.79. The minimum atomic E-state index is -0.639. The third-order valence-corrected chi connectivity index (χ3v) is 7.31. The number of hydrogen-bond donors (Lipinski definition) is 3. The summed E-state index contributed by atoms with van der Waals surface area (Å²) in [7, 11) is 0. The number of nitrogens with one attached hydrogen (secondary N) is 3. The van der Waals surface area contributed by atoms with Crippen molar-refractivity contribution in [1.29, 1.82) is 5.41 Å². The summed E-state index contributed by atoms with van der Waals surface area (Å²) in [5.41, 5.74) is 3.85. The lowest BCUT2D eigenvalue weighted by molar-refractivity contribution is -0.131. The highest BCUT2D eigenvalue weighted by molar-refractivity contribution is 6.00. The van der Waals surface area contributed by atoms with Gasteiger partial charge in [0.05, 0.1) is 18.5 Å². The maximum Gasteiger partial charge on any atom is 0.251 e. The van der Waals surface area contributed by atoms with E-state index in [2.05, 4.69) is 32.7 Å². The Hall–Kier alpha value is -4.07. The molecule has 1 aliphatic carbocycles. The van der Waals surface area contributed by atoms with Crippen LogP contribution in [0.25, 0.3) is 0 Å². The SMILES string of the molecule is CCC1(C)CC(=O)N([C@H](c2cncnc2)c2cccc(C(=O)N[C@H]3CCc4ccccc43)c2)C(=N)N1. The predicted octanol–water partition coefficient (Wildman–Crippen LogP) is 3.91. The topological polar surface area (TPSA) is 111 Å². The van der Waals surface area contributed by atoms with Crippen molar-refractivity contribution in [3.05, 3.63) is 95.1 Å². The van der Waals surface area contributed by atoms with Gasteiger partial charge in [-0.1, -0.05) is 43.3 Å². The molecule has 2 amide bonds. The fourth-order valence-corrected chi connectivity index (χ4v) is 5.16. The van der Waals surface area contributed by atoms with Crippen molar-refractivity contribution in [3.63, 3.8) is 0 Å². The van der Waals surface area contributed by atoms with E-state index in [0.29, 0.717) is 23.1 Å². The molecule has 3 atom stereocenters. The van der Waals surface area contributed by atoms with Crippen molar-refractivity contribution < 1.29 is 9.59 Å². The van der Waals surface area contributed by atoms with Crippen LogP contribution in [0.2, 0.25) is 0 Å². The molecular formula is C28H30N6O2. The van der Waals surface area contributed by atoms with Crippen LogP contribution >= 0.6 is 0 Å². The first kappa shape index (κ1) is 23.7. The average Bonchev–Trinajstić information content (AvgIpc) is 3.29. The van der Waals surface area contributed by atoms with Crippen molar-refractivity contribution in [2.45, 2.75) is 57.2 Å². The van der Waals surface area contributed by atoms with Gasteiger partial charge < -0.3 is 10.6 Å². The predicted molar refractivity (Wildman–Crippen MR) is 136 cm³/mol. The van der Waals surface area contributed by atoms with Crippen LogP contribution in [-0.4, -0.2) is 38.2 Å². The highest BCUT2D eigenvalue weighted by Crippen LogP contribution is 2.34. The van der Waals surface area contributed by atoms with Crippen molar-refractivity contribution in [3.8, 4) is 0 Å². The Balaban J connectivity index is 1.46. The van der Waals surface area contributed by atoms with Crippen LogP contribution in [0.1, 0.15) is 77.8 Å². The molecule has 1 aromatic heterocycles. The van der Waals surface area contributed by atoms with E-state index in [1.165, 1.54) is 22.4 Å². The Morgan fingerprint density at radius 2 is 1.97 bits per heavy atom. The van der Waals surface area contributed by atoms with Gasteiger partial charge in [-0.25, -0.2) is 9.97 Å². The Morgan fingerprint density at radius 1 is 1.19 bits per heavy atom. The van der Waals surface area contributed by atoms with Crippen molar-refractivity contribution in [2.24, 2.45) is 0 Å². The maximum atomic E-state index is 13.4. The van der Waals surface area contributed by atoms with Crippen LogP contribution < -0.4 is 10.6 Å². The second-order valence-electron chi connectivity index (χ2n) is 9.79. The van der Waals surface area contributed by atoms with E-state index < -0.39 is 11.6 Å². The first-order valence-electron chi connectivity index (χ1n) is 12.3. The number of rotatable bonds is 6. The summed E-state index contributed by atoms with van der Waals surface area (Å²) in [5.74, 6) is -0.297. The average molecular weight is 483 g/mol. The third kappa shape index (κ3) is 4.46. The number of amides is 2. The van der Waals surface area contributed by atoms with Crippen LogP contribution in [-0.2, 0) is 11.2 Å². The van der Waals surface area contributed by atoms with Gasteiger partial charge in [0.25, 0.3) is 5.91 Å². The molecule has 2 aromatic carbocycles. The van der Waals surface area contributed by atoms with E-state index >= 15 is 0 Å². The Labute approximate surface area is 210 Å². The Bertz CT molecular complexity index is 1290. The lowest BCUT2D eigenvalue weighted by Gasteiger charge is -2.43. The highest BCUT2D eigenvalue weighted by atomic mass is 16.2. The van der Waals surface area contributed by atoms with Gasteiger partial charge >= 0.3 is 0 Å². The molecule has 1 aliphatic heterocycles. The van der Waals surface area contributed by atoms with Crippen molar-refractivity contribution in [1.82, 2.24) is 25.5 Å². The van der Waals surface area contributed by atoms with E-state index in [1.807, 2.05) is 38.1 Å². The molecule has 5 rings (SSSR count). The minimum Gasteiger partial charge on any atom is -0.350 e. The molecule has 1 unspecified atom stereocenters. The summed E-state index contributed by atoms with van der Waals surface area (Å²) in [6, 6.07) is 14.8. The number of benzene rings is 2. The molecule has 0 radical (unpaired) electrons. The summed E-state index contributed by atoms with van der Waals surface area (Å²) in [6.45, 7) is 3.94. The lowest BCUT2D eigenvalue weighted by atomic mass is 9.89. The summed E-state index contributed by atoms with van der Waals surface area (Å²) in [6.07, 6.45) is 7.52. The minimum absolute atomic E-state index is 0.0246. The number of guanidine groups is 1. The van der Waals surface area contributed by atoms with Gasteiger partial charge in [0.1, 0.15) is 6.33 Å². The van der Waals surface area contributed by atoms with Crippen molar-refractivity contribution in [2.75, 3.05) is 0 Å². The molecular weight excluding hydrogens is 452 g/mol. The van der Waals surface area contributed by atoms with Gasteiger partial charge in [-0.15, -0.1) is 0 Å². The molecule has 0 saturated carbocycles. The van der Waals surface area contributed by atoms with Crippen LogP contribution in [0.5, 0.6) is 0 Å². The van der Waals surface area contributed by atoms with Crippen LogP contribution in [0, 0.1) is 5.41 Å².